The maximum atomic E-state index is 12.0. The van der Waals surface area contributed by atoms with Crippen molar-refractivity contribution in [3.05, 3.63) is 24.3 Å². The Bertz CT molecular complexity index is 428. The zero-order valence-corrected chi connectivity index (χ0v) is 9.62. The van der Waals surface area contributed by atoms with E-state index in [9.17, 15) is 8.42 Å². The Hall–Kier alpha value is -1.07. The Kier molecular flexibility index (Phi) is 3.71. The summed E-state index contributed by atoms with van der Waals surface area (Å²) >= 11 is 0. The van der Waals surface area contributed by atoms with Crippen LogP contribution in [0.3, 0.4) is 0 Å². The summed E-state index contributed by atoms with van der Waals surface area (Å²) in [6.07, 6.45) is 0. The fraction of sp³-hybridized carbons (Fsp3) is 0.400. The van der Waals surface area contributed by atoms with Crippen LogP contribution in [0.15, 0.2) is 29.2 Å². The minimum atomic E-state index is -3.38. The predicted molar refractivity (Wildman–Crippen MR) is 58.7 cm³/mol. The number of para-hydroxylation sites is 1. The summed E-state index contributed by atoms with van der Waals surface area (Å²) in [5.74, 6) is 0.359. The predicted octanol–water partition coefficient (Wildman–Crippen LogP) is 0.816. The monoisotopic (exact) mass is 229 g/mol. The van der Waals surface area contributed by atoms with Crippen LogP contribution in [0.5, 0.6) is 5.75 Å². The first-order chi connectivity index (χ1) is 7.04. The molecule has 0 fully saturated rings. The van der Waals surface area contributed by atoms with Gasteiger partial charge in [-0.15, -0.1) is 0 Å². The molecule has 0 radical (unpaired) electrons. The summed E-state index contributed by atoms with van der Waals surface area (Å²) in [6.45, 7) is 1.68. The van der Waals surface area contributed by atoms with Crippen molar-refractivity contribution in [3.63, 3.8) is 0 Å². The second-order valence-electron chi connectivity index (χ2n) is 3.24. The number of benzene rings is 1. The lowest BCUT2D eigenvalue weighted by molar-refractivity contribution is 0.402. The van der Waals surface area contributed by atoms with Crippen molar-refractivity contribution in [1.82, 2.24) is 0 Å². The molecule has 0 bridgehead atoms. The highest BCUT2D eigenvalue weighted by Crippen LogP contribution is 2.25. The highest BCUT2D eigenvalue weighted by atomic mass is 32.2. The fourth-order valence-corrected chi connectivity index (χ4v) is 2.58. The topological polar surface area (TPSA) is 69.4 Å². The van der Waals surface area contributed by atoms with Crippen LogP contribution in [0, 0.1) is 0 Å². The minimum Gasteiger partial charge on any atom is -0.495 e. The third kappa shape index (κ3) is 2.30. The van der Waals surface area contributed by atoms with Crippen molar-refractivity contribution in [2.24, 2.45) is 5.73 Å². The van der Waals surface area contributed by atoms with Gasteiger partial charge in [-0.2, -0.15) is 0 Å². The van der Waals surface area contributed by atoms with Gasteiger partial charge in [0, 0.05) is 6.54 Å². The number of hydrogen-bond donors (Lipinski definition) is 1. The Morgan fingerprint density at radius 2 is 2.00 bits per heavy atom. The van der Waals surface area contributed by atoms with Crippen LogP contribution in [0.4, 0.5) is 0 Å². The molecule has 0 spiro atoms. The summed E-state index contributed by atoms with van der Waals surface area (Å²) in [6, 6.07) is 6.54. The van der Waals surface area contributed by atoms with Crippen LogP contribution in [0.2, 0.25) is 0 Å². The van der Waals surface area contributed by atoms with Gasteiger partial charge in [-0.25, -0.2) is 8.42 Å². The highest BCUT2D eigenvalue weighted by Gasteiger charge is 2.24. The average molecular weight is 229 g/mol. The van der Waals surface area contributed by atoms with Crippen LogP contribution in [0.25, 0.3) is 0 Å². The minimum absolute atomic E-state index is 0.0976. The molecule has 0 saturated heterocycles. The Balaban J connectivity index is 3.27. The first-order valence-electron chi connectivity index (χ1n) is 4.61. The Morgan fingerprint density at radius 1 is 1.40 bits per heavy atom. The van der Waals surface area contributed by atoms with Crippen molar-refractivity contribution in [3.8, 4) is 5.75 Å². The quantitative estimate of drug-likeness (QED) is 0.829. The van der Waals surface area contributed by atoms with Gasteiger partial charge in [0.15, 0.2) is 9.84 Å². The van der Waals surface area contributed by atoms with E-state index in [1.165, 1.54) is 13.2 Å². The van der Waals surface area contributed by atoms with E-state index in [2.05, 4.69) is 0 Å². The molecule has 0 amide bonds. The normalized spacial score (nSPS) is 13.5. The lowest BCUT2D eigenvalue weighted by Gasteiger charge is -2.13. The first kappa shape index (κ1) is 12.0. The van der Waals surface area contributed by atoms with Gasteiger partial charge in [0.2, 0.25) is 0 Å². The molecule has 5 heteroatoms. The number of rotatable bonds is 4. The lowest BCUT2D eigenvalue weighted by Crippen LogP contribution is -2.26. The van der Waals surface area contributed by atoms with Crippen molar-refractivity contribution < 1.29 is 13.2 Å². The molecule has 1 aromatic rings. The van der Waals surface area contributed by atoms with Crippen LogP contribution in [-0.2, 0) is 9.84 Å². The van der Waals surface area contributed by atoms with Crippen LogP contribution >= 0.6 is 0 Å². The summed E-state index contributed by atoms with van der Waals surface area (Å²) in [5.41, 5.74) is 5.37. The van der Waals surface area contributed by atoms with Gasteiger partial charge in [-0.3, -0.25) is 0 Å². The van der Waals surface area contributed by atoms with E-state index in [1.807, 2.05) is 0 Å². The average Bonchev–Trinajstić information content (AvgIpc) is 2.27. The number of nitrogens with two attached hydrogens (primary N) is 1. The maximum Gasteiger partial charge on any atom is 0.185 e. The summed E-state index contributed by atoms with van der Waals surface area (Å²) in [7, 11) is -1.94. The van der Waals surface area contributed by atoms with E-state index in [-0.39, 0.29) is 11.4 Å². The molecular weight excluding hydrogens is 214 g/mol. The molecule has 0 saturated carbocycles. The van der Waals surface area contributed by atoms with E-state index in [1.54, 1.807) is 25.1 Å². The van der Waals surface area contributed by atoms with Gasteiger partial charge in [0.05, 0.1) is 12.4 Å². The largest absolute Gasteiger partial charge is 0.495 e. The second-order valence-corrected chi connectivity index (χ2v) is 5.58. The third-order valence-corrected chi connectivity index (χ3v) is 4.44. The molecule has 0 aliphatic carbocycles. The number of sulfone groups is 1. The number of hydrogen-bond acceptors (Lipinski definition) is 4. The fourth-order valence-electron chi connectivity index (χ4n) is 1.20. The van der Waals surface area contributed by atoms with Gasteiger partial charge in [-0.1, -0.05) is 12.1 Å². The number of ether oxygens (including phenoxy) is 1. The zero-order chi connectivity index (χ0) is 11.5. The SMILES string of the molecule is COc1ccccc1S(=O)(=O)C(C)CN. The molecule has 0 heterocycles. The van der Waals surface area contributed by atoms with Crippen molar-refractivity contribution in [2.75, 3.05) is 13.7 Å². The van der Waals surface area contributed by atoms with E-state index in [4.69, 9.17) is 10.5 Å². The molecule has 1 rings (SSSR count). The third-order valence-electron chi connectivity index (χ3n) is 2.24. The molecule has 1 atom stereocenters. The molecule has 4 nitrogen and oxygen atoms in total. The molecule has 84 valence electrons. The Morgan fingerprint density at radius 3 is 2.53 bits per heavy atom. The molecule has 2 N–H and O–H groups in total. The van der Waals surface area contributed by atoms with Crippen molar-refractivity contribution in [1.29, 1.82) is 0 Å². The van der Waals surface area contributed by atoms with Gasteiger partial charge in [0.25, 0.3) is 0 Å². The van der Waals surface area contributed by atoms with Crippen LogP contribution in [0.1, 0.15) is 6.92 Å². The summed E-state index contributed by atoms with van der Waals surface area (Å²) in [4.78, 5) is 0.199. The molecule has 1 unspecified atom stereocenters. The summed E-state index contributed by atoms with van der Waals surface area (Å²) in [5, 5.41) is -0.603. The van der Waals surface area contributed by atoms with Crippen LogP contribution < -0.4 is 10.5 Å². The van der Waals surface area contributed by atoms with Crippen molar-refractivity contribution >= 4 is 9.84 Å². The van der Waals surface area contributed by atoms with E-state index in [0.717, 1.165) is 0 Å². The van der Waals surface area contributed by atoms with Crippen LogP contribution in [-0.4, -0.2) is 27.3 Å². The van der Waals surface area contributed by atoms with Crippen molar-refractivity contribution in [2.45, 2.75) is 17.1 Å². The lowest BCUT2D eigenvalue weighted by atomic mass is 10.3. The molecule has 0 aliphatic heterocycles. The molecule has 1 aromatic carbocycles. The van der Waals surface area contributed by atoms with E-state index >= 15 is 0 Å². The van der Waals surface area contributed by atoms with Gasteiger partial charge >= 0.3 is 0 Å². The zero-order valence-electron chi connectivity index (χ0n) is 8.80. The van der Waals surface area contributed by atoms with Gasteiger partial charge in [0.1, 0.15) is 10.6 Å². The van der Waals surface area contributed by atoms with E-state index in [0.29, 0.717) is 5.75 Å². The van der Waals surface area contributed by atoms with Gasteiger partial charge < -0.3 is 10.5 Å². The summed E-state index contributed by atoms with van der Waals surface area (Å²) < 4.78 is 29.0. The number of methoxy groups -OCH3 is 1. The molecule has 0 aliphatic rings. The highest BCUT2D eigenvalue weighted by molar-refractivity contribution is 7.92. The Labute approximate surface area is 90.0 Å². The van der Waals surface area contributed by atoms with Gasteiger partial charge in [-0.05, 0) is 19.1 Å². The maximum absolute atomic E-state index is 12.0. The first-order valence-corrected chi connectivity index (χ1v) is 6.15. The standard InChI is InChI=1S/C10H15NO3S/c1-8(7-11)15(12,13)10-6-4-3-5-9(10)14-2/h3-6,8H,7,11H2,1-2H3. The van der Waals surface area contributed by atoms with E-state index < -0.39 is 15.1 Å². The molecule has 0 aromatic heterocycles. The molecule has 15 heavy (non-hydrogen) atoms. The molecular formula is C10H15NO3S. The smallest absolute Gasteiger partial charge is 0.185 e. The second kappa shape index (κ2) is 4.63.